The number of aliphatic carboxylic acids is 1. The number of carbonyl (C=O) groups excluding carboxylic acids is 1. The van der Waals surface area contributed by atoms with Crippen LogP contribution < -0.4 is 0 Å². The van der Waals surface area contributed by atoms with E-state index in [2.05, 4.69) is 4.74 Å². The van der Waals surface area contributed by atoms with Gasteiger partial charge in [0.25, 0.3) is 0 Å². The number of ether oxygens (including phenoxy) is 1. The van der Waals surface area contributed by atoms with Gasteiger partial charge in [-0.15, -0.1) is 0 Å². The molecule has 0 aliphatic rings. The Labute approximate surface area is 56.6 Å². The molecule has 0 aromatic heterocycles. The summed E-state index contributed by atoms with van der Waals surface area (Å²) in [5, 5.41) is 8.13. The number of rotatable bonds is 3. The minimum absolute atomic E-state index is 1.01. The van der Waals surface area contributed by atoms with Crippen LogP contribution in [0.15, 0.2) is 0 Å². The van der Waals surface area contributed by atoms with Crippen molar-refractivity contribution >= 4 is 11.9 Å². The second kappa shape index (κ2) is 3.81. The molecule has 0 saturated carbocycles. The van der Waals surface area contributed by atoms with Crippen LogP contribution in [0.5, 0.6) is 0 Å². The molecule has 0 saturated heterocycles. The summed E-state index contributed by atoms with van der Waals surface area (Å²) >= 11 is 0. The second-order valence-corrected chi connectivity index (χ2v) is 1.57. The lowest BCUT2D eigenvalue weighted by atomic mass is 10.2. The van der Waals surface area contributed by atoms with Crippen molar-refractivity contribution < 1.29 is 23.8 Å². The Hall–Kier alpha value is -1.13. The van der Waals surface area contributed by atoms with Crippen LogP contribution in [0.3, 0.4) is 0 Å². The fourth-order valence-corrected chi connectivity index (χ4v) is 0.372. The van der Waals surface area contributed by atoms with Crippen molar-refractivity contribution in [3.63, 3.8) is 0 Å². The summed E-state index contributed by atoms with van der Waals surface area (Å²) in [6.45, 7) is -1.23. The maximum absolute atomic E-state index is 11.7. The average molecular weight is 150 g/mol. The van der Waals surface area contributed by atoms with Gasteiger partial charge in [-0.1, -0.05) is 0 Å². The van der Waals surface area contributed by atoms with Crippen molar-refractivity contribution in [3.05, 3.63) is 0 Å². The molecular formula is C5H7FO4. The summed E-state index contributed by atoms with van der Waals surface area (Å²) < 4.78 is 15.7. The Bertz CT molecular complexity index is 145. The number of esters is 1. The summed E-state index contributed by atoms with van der Waals surface area (Å²) in [5.74, 6) is -4.24. The smallest absolute Gasteiger partial charge is 0.322 e. The molecule has 58 valence electrons. The molecule has 1 atom stereocenters. The van der Waals surface area contributed by atoms with Gasteiger partial charge in [-0.2, -0.15) is 0 Å². The molecule has 0 aromatic carbocycles. The van der Waals surface area contributed by atoms with Gasteiger partial charge in [-0.3, -0.25) is 9.59 Å². The summed E-state index contributed by atoms with van der Waals surface area (Å²) in [6, 6.07) is 0. The van der Waals surface area contributed by atoms with Crippen molar-refractivity contribution in [1.29, 1.82) is 0 Å². The molecule has 0 rings (SSSR count). The summed E-state index contributed by atoms with van der Waals surface area (Å²) in [4.78, 5) is 20.3. The number of carboxylic acids is 1. The van der Waals surface area contributed by atoms with Gasteiger partial charge in [-0.05, 0) is 0 Å². The lowest BCUT2D eigenvalue weighted by Crippen LogP contribution is -2.26. The van der Waals surface area contributed by atoms with Gasteiger partial charge in [0.2, 0.25) is 0 Å². The first kappa shape index (κ1) is 8.87. The molecule has 1 unspecified atom stereocenters. The van der Waals surface area contributed by atoms with Gasteiger partial charge in [0, 0.05) is 0 Å². The lowest BCUT2D eigenvalue weighted by Gasteiger charge is -2.03. The van der Waals surface area contributed by atoms with Gasteiger partial charge in [0.05, 0.1) is 7.11 Å². The number of hydrogen-bond acceptors (Lipinski definition) is 3. The van der Waals surface area contributed by atoms with E-state index >= 15 is 0 Å². The Morgan fingerprint density at radius 2 is 2.20 bits per heavy atom. The van der Waals surface area contributed by atoms with Gasteiger partial charge in [0.15, 0.2) is 5.92 Å². The first-order chi connectivity index (χ1) is 4.63. The van der Waals surface area contributed by atoms with Gasteiger partial charge < -0.3 is 9.84 Å². The van der Waals surface area contributed by atoms with E-state index in [0.717, 1.165) is 7.11 Å². The predicted molar refractivity (Wildman–Crippen MR) is 29.1 cm³/mol. The van der Waals surface area contributed by atoms with E-state index in [1.807, 2.05) is 0 Å². The third-order valence-corrected chi connectivity index (χ3v) is 0.938. The molecule has 0 aliphatic carbocycles. The molecule has 0 amide bonds. The fourth-order valence-electron chi connectivity index (χ4n) is 0.372. The standard InChI is InChI=1S/C5H7FO4/c1-10-5(9)3(2-6)4(7)8/h3H,2H2,1H3,(H,7,8). The second-order valence-electron chi connectivity index (χ2n) is 1.57. The molecule has 0 spiro atoms. The van der Waals surface area contributed by atoms with Crippen LogP contribution in [-0.4, -0.2) is 30.8 Å². The molecule has 0 heterocycles. The number of alkyl halides is 1. The molecule has 0 aromatic rings. The fraction of sp³-hybridized carbons (Fsp3) is 0.600. The zero-order chi connectivity index (χ0) is 8.15. The number of carbonyl (C=O) groups is 2. The van der Waals surface area contributed by atoms with Crippen molar-refractivity contribution in [2.45, 2.75) is 0 Å². The van der Waals surface area contributed by atoms with Crippen molar-refractivity contribution in [1.82, 2.24) is 0 Å². The largest absolute Gasteiger partial charge is 0.481 e. The van der Waals surface area contributed by atoms with Crippen LogP contribution >= 0.6 is 0 Å². The van der Waals surface area contributed by atoms with E-state index in [4.69, 9.17) is 5.11 Å². The summed E-state index contributed by atoms with van der Waals surface area (Å²) in [7, 11) is 1.01. The van der Waals surface area contributed by atoms with E-state index in [0.29, 0.717) is 0 Å². The van der Waals surface area contributed by atoms with Crippen LogP contribution in [-0.2, 0) is 14.3 Å². The van der Waals surface area contributed by atoms with E-state index < -0.39 is 24.5 Å². The number of halogens is 1. The molecule has 0 aliphatic heterocycles. The predicted octanol–water partition coefficient (Wildman–Crippen LogP) is -0.170. The van der Waals surface area contributed by atoms with Crippen LogP contribution in [0, 0.1) is 5.92 Å². The van der Waals surface area contributed by atoms with Crippen LogP contribution in [0.4, 0.5) is 4.39 Å². The number of hydrogen-bond donors (Lipinski definition) is 1. The Balaban J connectivity index is 4.06. The van der Waals surface area contributed by atoms with E-state index in [1.54, 1.807) is 0 Å². The van der Waals surface area contributed by atoms with Crippen molar-refractivity contribution in [3.8, 4) is 0 Å². The average Bonchev–Trinajstić information content (AvgIpc) is 1.88. The Kier molecular flexibility index (Phi) is 3.38. The maximum Gasteiger partial charge on any atom is 0.322 e. The zero-order valence-electron chi connectivity index (χ0n) is 5.33. The summed E-state index contributed by atoms with van der Waals surface area (Å²) in [5.41, 5.74) is 0. The zero-order valence-corrected chi connectivity index (χ0v) is 5.33. The van der Waals surface area contributed by atoms with Crippen LogP contribution in [0.25, 0.3) is 0 Å². The van der Waals surface area contributed by atoms with E-state index in [-0.39, 0.29) is 0 Å². The van der Waals surface area contributed by atoms with Gasteiger partial charge in [-0.25, -0.2) is 4.39 Å². The summed E-state index contributed by atoms with van der Waals surface area (Å²) in [6.07, 6.45) is 0. The number of methoxy groups -OCH3 is 1. The third-order valence-electron chi connectivity index (χ3n) is 0.938. The quantitative estimate of drug-likeness (QED) is 0.448. The van der Waals surface area contributed by atoms with Crippen LogP contribution in [0.1, 0.15) is 0 Å². The van der Waals surface area contributed by atoms with Crippen molar-refractivity contribution in [2.24, 2.45) is 5.92 Å². The molecular weight excluding hydrogens is 143 g/mol. The molecule has 10 heavy (non-hydrogen) atoms. The van der Waals surface area contributed by atoms with E-state index in [1.165, 1.54) is 0 Å². The first-order valence-corrected chi connectivity index (χ1v) is 2.50. The highest BCUT2D eigenvalue weighted by molar-refractivity contribution is 5.93. The van der Waals surface area contributed by atoms with Gasteiger partial charge >= 0.3 is 11.9 Å². The first-order valence-electron chi connectivity index (χ1n) is 2.50. The van der Waals surface area contributed by atoms with Crippen molar-refractivity contribution in [2.75, 3.05) is 13.8 Å². The monoisotopic (exact) mass is 150 g/mol. The van der Waals surface area contributed by atoms with E-state index in [9.17, 15) is 14.0 Å². The van der Waals surface area contributed by atoms with Crippen LogP contribution in [0.2, 0.25) is 0 Å². The minimum atomic E-state index is -1.68. The number of carboxylic acid groups (broad SMARTS) is 1. The SMILES string of the molecule is COC(=O)C(CF)C(=O)O. The highest BCUT2D eigenvalue weighted by atomic mass is 19.1. The highest BCUT2D eigenvalue weighted by Gasteiger charge is 2.26. The normalized spacial score (nSPS) is 12.2. The molecule has 0 fully saturated rings. The van der Waals surface area contributed by atoms with Gasteiger partial charge in [0.1, 0.15) is 6.67 Å². The molecule has 5 heteroatoms. The third kappa shape index (κ3) is 2.00. The molecule has 0 bridgehead atoms. The minimum Gasteiger partial charge on any atom is -0.481 e. The highest BCUT2D eigenvalue weighted by Crippen LogP contribution is 1.99. The molecule has 0 radical (unpaired) electrons. The Morgan fingerprint density at radius 3 is 2.30 bits per heavy atom. The molecule has 4 nitrogen and oxygen atoms in total. The topological polar surface area (TPSA) is 63.6 Å². The molecule has 1 N–H and O–H groups in total. The lowest BCUT2D eigenvalue weighted by molar-refractivity contribution is -0.157. The Morgan fingerprint density at radius 1 is 1.70 bits per heavy atom. The maximum atomic E-state index is 11.7.